The summed E-state index contributed by atoms with van der Waals surface area (Å²) >= 11 is 16.1. The molecular formula is C13H7Br3ClNO. The number of hydrogen-bond acceptors (Lipinski definition) is 1. The molecule has 2 aromatic carbocycles. The molecule has 0 unspecified atom stereocenters. The molecule has 2 nitrogen and oxygen atoms in total. The van der Waals surface area contributed by atoms with Crippen molar-refractivity contribution < 1.29 is 4.79 Å². The summed E-state index contributed by atoms with van der Waals surface area (Å²) < 4.78 is 2.40. The second kappa shape index (κ2) is 6.39. The van der Waals surface area contributed by atoms with Crippen molar-refractivity contribution in [2.75, 3.05) is 5.32 Å². The van der Waals surface area contributed by atoms with Crippen molar-refractivity contribution >= 4 is 71.0 Å². The third-order valence-electron chi connectivity index (χ3n) is 2.35. The van der Waals surface area contributed by atoms with Gasteiger partial charge in [-0.25, -0.2) is 0 Å². The van der Waals surface area contributed by atoms with Crippen LogP contribution < -0.4 is 5.32 Å². The van der Waals surface area contributed by atoms with E-state index in [4.69, 9.17) is 11.6 Å². The van der Waals surface area contributed by atoms with Gasteiger partial charge in [0.2, 0.25) is 0 Å². The maximum atomic E-state index is 12.2. The number of carbonyl (C=O) groups excluding carboxylic acids is 1. The standard InChI is InChI=1S/C13H7Br3ClNO/c14-7-1-3-10(16)9(5-7)13(19)18-12-6-8(15)2-4-11(12)17/h1-6H,(H,18,19). The molecule has 0 atom stereocenters. The van der Waals surface area contributed by atoms with Crippen LogP contribution in [0.15, 0.2) is 49.8 Å². The lowest BCUT2D eigenvalue weighted by Gasteiger charge is -2.09. The Balaban J connectivity index is 2.30. The number of hydrogen-bond donors (Lipinski definition) is 1. The van der Waals surface area contributed by atoms with E-state index in [-0.39, 0.29) is 5.91 Å². The lowest BCUT2D eigenvalue weighted by molar-refractivity contribution is 0.102. The van der Waals surface area contributed by atoms with Crippen molar-refractivity contribution in [2.24, 2.45) is 0 Å². The van der Waals surface area contributed by atoms with Gasteiger partial charge in [0, 0.05) is 13.4 Å². The van der Waals surface area contributed by atoms with E-state index in [1.54, 1.807) is 18.2 Å². The van der Waals surface area contributed by atoms with E-state index < -0.39 is 0 Å². The minimum absolute atomic E-state index is 0.229. The smallest absolute Gasteiger partial charge is 0.256 e. The number of carbonyl (C=O) groups is 1. The van der Waals surface area contributed by atoms with Crippen LogP contribution in [0, 0.1) is 0 Å². The molecule has 6 heteroatoms. The molecule has 0 saturated carbocycles. The van der Waals surface area contributed by atoms with Crippen LogP contribution in [0.4, 0.5) is 5.69 Å². The van der Waals surface area contributed by atoms with Crippen LogP contribution in [0.3, 0.4) is 0 Å². The van der Waals surface area contributed by atoms with E-state index in [0.717, 1.165) is 13.4 Å². The van der Waals surface area contributed by atoms with Gasteiger partial charge in [0.05, 0.1) is 16.3 Å². The second-order valence-electron chi connectivity index (χ2n) is 3.70. The summed E-state index contributed by atoms with van der Waals surface area (Å²) in [5.41, 5.74) is 1.10. The highest BCUT2D eigenvalue weighted by molar-refractivity contribution is 9.11. The van der Waals surface area contributed by atoms with Gasteiger partial charge < -0.3 is 5.32 Å². The largest absolute Gasteiger partial charge is 0.321 e. The fraction of sp³-hybridized carbons (Fsp3) is 0. The molecule has 0 heterocycles. The zero-order chi connectivity index (χ0) is 14.0. The molecule has 0 saturated heterocycles. The summed E-state index contributed by atoms with van der Waals surface area (Å²) in [6.45, 7) is 0. The van der Waals surface area contributed by atoms with Crippen molar-refractivity contribution in [2.45, 2.75) is 0 Å². The number of halogens is 4. The predicted molar refractivity (Wildman–Crippen MR) is 88.9 cm³/mol. The summed E-state index contributed by atoms with van der Waals surface area (Å²) in [5, 5.41) is 3.27. The Morgan fingerprint density at radius 2 is 1.63 bits per heavy atom. The van der Waals surface area contributed by atoms with Gasteiger partial charge in [-0.3, -0.25) is 4.79 Å². The first-order chi connectivity index (χ1) is 8.97. The molecule has 0 aliphatic carbocycles. The van der Waals surface area contributed by atoms with Crippen molar-refractivity contribution in [1.82, 2.24) is 0 Å². The second-order valence-corrected chi connectivity index (χ2v) is 6.80. The molecule has 19 heavy (non-hydrogen) atoms. The van der Waals surface area contributed by atoms with Crippen LogP contribution in [-0.4, -0.2) is 5.91 Å². The topological polar surface area (TPSA) is 29.1 Å². The number of rotatable bonds is 2. The Morgan fingerprint density at radius 3 is 2.37 bits per heavy atom. The Labute approximate surface area is 140 Å². The Morgan fingerprint density at radius 1 is 1.00 bits per heavy atom. The van der Waals surface area contributed by atoms with Crippen LogP contribution in [0.2, 0.25) is 5.02 Å². The zero-order valence-corrected chi connectivity index (χ0v) is 14.9. The van der Waals surface area contributed by atoms with E-state index in [2.05, 4.69) is 53.1 Å². The molecule has 1 N–H and O–H groups in total. The average molecular weight is 468 g/mol. The molecule has 0 bridgehead atoms. The summed E-state index contributed by atoms with van der Waals surface area (Å²) in [6, 6.07) is 10.7. The van der Waals surface area contributed by atoms with Crippen LogP contribution in [0.25, 0.3) is 0 Å². The van der Waals surface area contributed by atoms with Gasteiger partial charge in [-0.05, 0) is 52.3 Å². The molecule has 0 radical (unpaired) electrons. The molecule has 0 aliphatic heterocycles. The molecule has 2 aromatic rings. The van der Waals surface area contributed by atoms with E-state index in [1.165, 1.54) is 0 Å². The first kappa shape index (κ1) is 15.0. The first-order valence-corrected chi connectivity index (χ1v) is 7.94. The van der Waals surface area contributed by atoms with E-state index in [0.29, 0.717) is 16.3 Å². The normalized spacial score (nSPS) is 10.3. The van der Waals surface area contributed by atoms with Crippen molar-refractivity contribution in [3.63, 3.8) is 0 Å². The van der Waals surface area contributed by atoms with Gasteiger partial charge in [-0.1, -0.05) is 43.5 Å². The number of amides is 1. The maximum Gasteiger partial charge on any atom is 0.256 e. The molecule has 1 amide bonds. The van der Waals surface area contributed by atoms with Crippen LogP contribution in [0.1, 0.15) is 10.4 Å². The van der Waals surface area contributed by atoms with Crippen molar-refractivity contribution in [3.05, 3.63) is 60.4 Å². The van der Waals surface area contributed by atoms with Crippen LogP contribution in [0.5, 0.6) is 0 Å². The van der Waals surface area contributed by atoms with E-state index >= 15 is 0 Å². The lowest BCUT2D eigenvalue weighted by Crippen LogP contribution is -2.13. The van der Waals surface area contributed by atoms with Gasteiger partial charge in [0.1, 0.15) is 0 Å². The molecular weight excluding hydrogens is 461 g/mol. The molecule has 0 fully saturated rings. The Hall–Kier alpha value is -0.360. The Bertz CT molecular complexity index is 646. The van der Waals surface area contributed by atoms with E-state index in [9.17, 15) is 4.79 Å². The molecule has 0 aliphatic rings. The van der Waals surface area contributed by atoms with Gasteiger partial charge >= 0.3 is 0 Å². The highest BCUT2D eigenvalue weighted by Crippen LogP contribution is 2.28. The highest BCUT2D eigenvalue weighted by Gasteiger charge is 2.12. The quantitative estimate of drug-likeness (QED) is 0.586. The summed E-state index contributed by atoms with van der Waals surface area (Å²) in [6.07, 6.45) is 0. The van der Waals surface area contributed by atoms with E-state index in [1.807, 2.05) is 18.2 Å². The monoisotopic (exact) mass is 465 g/mol. The minimum atomic E-state index is -0.229. The van der Waals surface area contributed by atoms with Crippen LogP contribution in [-0.2, 0) is 0 Å². The highest BCUT2D eigenvalue weighted by atomic mass is 79.9. The van der Waals surface area contributed by atoms with Gasteiger partial charge in [0.25, 0.3) is 5.91 Å². The fourth-order valence-corrected chi connectivity index (χ4v) is 2.77. The Kier molecular flexibility index (Phi) is 5.06. The predicted octanol–water partition coefficient (Wildman–Crippen LogP) is 5.88. The first-order valence-electron chi connectivity index (χ1n) is 5.19. The van der Waals surface area contributed by atoms with Crippen LogP contribution >= 0.6 is 59.4 Å². The van der Waals surface area contributed by atoms with Crippen molar-refractivity contribution in [1.29, 1.82) is 0 Å². The zero-order valence-electron chi connectivity index (χ0n) is 9.38. The molecule has 2 rings (SSSR count). The third kappa shape index (κ3) is 3.81. The molecule has 98 valence electrons. The minimum Gasteiger partial charge on any atom is -0.321 e. The lowest BCUT2D eigenvalue weighted by atomic mass is 10.2. The summed E-state index contributed by atoms with van der Waals surface area (Å²) in [5.74, 6) is -0.229. The SMILES string of the molecule is O=C(Nc1cc(Br)ccc1Cl)c1cc(Br)ccc1Br. The van der Waals surface area contributed by atoms with Crippen molar-refractivity contribution in [3.8, 4) is 0 Å². The van der Waals surface area contributed by atoms with Gasteiger partial charge in [0.15, 0.2) is 0 Å². The average Bonchev–Trinajstić information content (AvgIpc) is 2.36. The summed E-state index contributed by atoms with van der Waals surface area (Å²) in [7, 11) is 0. The number of anilines is 1. The summed E-state index contributed by atoms with van der Waals surface area (Å²) in [4.78, 5) is 12.2. The third-order valence-corrected chi connectivity index (χ3v) is 4.36. The molecule has 0 aromatic heterocycles. The van der Waals surface area contributed by atoms with Gasteiger partial charge in [-0.2, -0.15) is 0 Å². The fourth-order valence-electron chi connectivity index (χ4n) is 1.45. The molecule has 0 spiro atoms. The number of nitrogens with one attached hydrogen (secondary N) is 1. The maximum absolute atomic E-state index is 12.2. The van der Waals surface area contributed by atoms with Gasteiger partial charge in [-0.15, -0.1) is 0 Å². The number of benzene rings is 2.